The average molecular weight is 290 g/mol. The summed E-state index contributed by atoms with van der Waals surface area (Å²) in [6.07, 6.45) is 1.17. The van der Waals surface area contributed by atoms with Gasteiger partial charge < -0.3 is 15.2 Å². The van der Waals surface area contributed by atoms with Crippen molar-refractivity contribution in [1.29, 1.82) is 0 Å². The second kappa shape index (κ2) is 5.66. The zero-order chi connectivity index (χ0) is 15.0. The Morgan fingerprint density at radius 1 is 1.43 bits per heavy atom. The Bertz CT molecular complexity index is 546. The zero-order valence-electron chi connectivity index (χ0n) is 12.5. The van der Waals surface area contributed by atoms with E-state index in [1.54, 1.807) is 12.1 Å². The second-order valence-corrected chi connectivity index (χ2v) is 6.18. The summed E-state index contributed by atoms with van der Waals surface area (Å²) < 4.78 is 5.67. The van der Waals surface area contributed by atoms with Crippen LogP contribution in [0.1, 0.15) is 29.3 Å². The van der Waals surface area contributed by atoms with E-state index in [0.29, 0.717) is 11.6 Å². The van der Waals surface area contributed by atoms with Crippen molar-refractivity contribution < 1.29 is 14.6 Å². The maximum atomic E-state index is 12.3. The van der Waals surface area contributed by atoms with Gasteiger partial charge in [0.25, 0.3) is 5.91 Å². The summed E-state index contributed by atoms with van der Waals surface area (Å²) in [5, 5.41) is 12.9. The molecule has 2 fully saturated rings. The molecular weight excluding hydrogens is 268 g/mol. The zero-order valence-corrected chi connectivity index (χ0v) is 12.5. The van der Waals surface area contributed by atoms with Crippen molar-refractivity contribution in [3.63, 3.8) is 0 Å². The molecule has 5 heteroatoms. The number of carbonyl (C=O) groups excluding carboxylic acids is 1. The first-order valence-corrected chi connectivity index (χ1v) is 7.49. The molecule has 0 saturated carbocycles. The molecule has 0 spiro atoms. The Balaban J connectivity index is 1.63. The standard InChI is InChI=1S/C16H22N2O3/c1-10-3-4-14(15(19)5-10)16(20)17-12-6-13-9-21-11(2)7-18(13)8-12/h3-5,11-13,19H,6-9H2,1-2H3,(H,17,20)/t11-,12-,13+/m1/s1. The number of fused-ring (bicyclic) bond motifs is 1. The number of amides is 1. The first kappa shape index (κ1) is 14.4. The molecule has 1 aromatic rings. The van der Waals surface area contributed by atoms with Crippen LogP contribution in [0, 0.1) is 6.92 Å². The fourth-order valence-electron chi connectivity index (χ4n) is 3.24. The predicted molar refractivity (Wildman–Crippen MR) is 79.5 cm³/mol. The normalized spacial score (nSPS) is 29.1. The van der Waals surface area contributed by atoms with Gasteiger partial charge in [-0.15, -0.1) is 0 Å². The quantitative estimate of drug-likeness (QED) is 0.861. The van der Waals surface area contributed by atoms with Crippen LogP contribution in [0.25, 0.3) is 0 Å². The van der Waals surface area contributed by atoms with Gasteiger partial charge in [0.2, 0.25) is 0 Å². The molecule has 0 radical (unpaired) electrons. The number of benzene rings is 1. The highest BCUT2D eigenvalue weighted by Crippen LogP contribution is 2.24. The Labute approximate surface area is 124 Å². The van der Waals surface area contributed by atoms with Gasteiger partial charge in [0, 0.05) is 25.2 Å². The molecular formula is C16H22N2O3. The lowest BCUT2D eigenvalue weighted by atomic mass is 10.1. The molecule has 2 heterocycles. The van der Waals surface area contributed by atoms with Gasteiger partial charge in [0.1, 0.15) is 5.75 Å². The van der Waals surface area contributed by atoms with Crippen LogP contribution in [0.4, 0.5) is 0 Å². The van der Waals surface area contributed by atoms with Crippen LogP contribution in [-0.4, -0.2) is 53.8 Å². The number of carbonyl (C=O) groups is 1. The van der Waals surface area contributed by atoms with Crippen LogP contribution in [0.5, 0.6) is 5.75 Å². The van der Waals surface area contributed by atoms with E-state index in [-0.39, 0.29) is 23.8 Å². The van der Waals surface area contributed by atoms with Gasteiger partial charge in [0.05, 0.1) is 18.3 Å². The average Bonchev–Trinajstić information content (AvgIpc) is 2.79. The van der Waals surface area contributed by atoms with Gasteiger partial charge in [-0.05, 0) is 38.0 Å². The van der Waals surface area contributed by atoms with Crippen molar-refractivity contribution >= 4 is 5.91 Å². The summed E-state index contributed by atoms with van der Waals surface area (Å²) in [7, 11) is 0. The Morgan fingerprint density at radius 3 is 3.00 bits per heavy atom. The molecule has 0 unspecified atom stereocenters. The minimum absolute atomic E-state index is 0.0418. The van der Waals surface area contributed by atoms with Crippen LogP contribution in [-0.2, 0) is 4.74 Å². The minimum Gasteiger partial charge on any atom is -0.507 e. The Morgan fingerprint density at radius 2 is 2.24 bits per heavy atom. The highest BCUT2D eigenvalue weighted by Gasteiger charge is 2.36. The summed E-state index contributed by atoms with van der Waals surface area (Å²) in [5.74, 6) is -0.161. The maximum absolute atomic E-state index is 12.3. The van der Waals surface area contributed by atoms with E-state index < -0.39 is 0 Å². The molecule has 0 aliphatic carbocycles. The lowest BCUT2D eigenvalue weighted by Gasteiger charge is -2.33. The molecule has 3 rings (SSSR count). The molecule has 2 aliphatic rings. The van der Waals surface area contributed by atoms with Crippen molar-refractivity contribution in [2.75, 3.05) is 19.7 Å². The highest BCUT2D eigenvalue weighted by atomic mass is 16.5. The second-order valence-electron chi connectivity index (χ2n) is 6.18. The number of aryl methyl sites for hydroxylation is 1. The third kappa shape index (κ3) is 3.04. The maximum Gasteiger partial charge on any atom is 0.255 e. The molecule has 5 nitrogen and oxygen atoms in total. The number of ether oxygens (including phenoxy) is 1. The molecule has 114 valence electrons. The van der Waals surface area contributed by atoms with E-state index in [0.717, 1.165) is 31.7 Å². The van der Waals surface area contributed by atoms with Gasteiger partial charge >= 0.3 is 0 Å². The number of aromatic hydroxyl groups is 1. The van der Waals surface area contributed by atoms with E-state index in [2.05, 4.69) is 17.1 Å². The number of phenols is 1. The van der Waals surface area contributed by atoms with Crippen molar-refractivity contribution in [1.82, 2.24) is 10.2 Å². The van der Waals surface area contributed by atoms with E-state index in [4.69, 9.17) is 4.74 Å². The van der Waals surface area contributed by atoms with E-state index in [1.807, 2.05) is 13.0 Å². The van der Waals surface area contributed by atoms with Crippen molar-refractivity contribution in [3.8, 4) is 5.75 Å². The topological polar surface area (TPSA) is 61.8 Å². The number of nitrogens with one attached hydrogen (secondary N) is 1. The summed E-state index contributed by atoms with van der Waals surface area (Å²) in [6.45, 7) is 6.48. The van der Waals surface area contributed by atoms with E-state index >= 15 is 0 Å². The number of phenolic OH excluding ortho intramolecular Hbond substituents is 1. The molecule has 2 N–H and O–H groups in total. The SMILES string of the molecule is Cc1ccc(C(=O)N[C@@H]2C[C@H]3CO[C@H](C)CN3C2)c(O)c1. The van der Waals surface area contributed by atoms with Crippen molar-refractivity contribution in [2.45, 2.75) is 38.5 Å². The third-order valence-electron chi connectivity index (χ3n) is 4.33. The van der Waals surface area contributed by atoms with Crippen LogP contribution in [0.15, 0.2) is 18.2 Å². The molecule has 2 saturated heterocycles. The van der Waals surface area contributed by atoms with E-state index in [9.17, 15) is 9.90 Å². The Hall–Kier alpha value is -1.59. The Kier molecular flexibility index (Phi) is 3.87. The van der Waals surface area contributed by atoms with Gasteiger partial charge in [-0.2, -0.15) is 0 Å². The molecule has 1 aromatic carbocycles. The van der Waals surface area contributed by atoms with Crippen LogP contribution < -0.4 is 5.32 Å². The number of nitrogens with zero attached hydrogens (tertiary/aromatic N) is 1. The number of rotatable bonds is 2. The largest absolute Gasteiger partial charge is 0.507 e. The molecule has 0 aromatic heterocycles. The van der Waals surface area contributed by atoms with Crippen LogP contribution >= 0.6 is 0 Å². The van der Waals surface area contributed by atoms with Gasteiger partial charge in [-0.3, -0.25) is 9.69 Å². The fourth-order valence-corrected chi connectivity index (χ4v) is 3.24. The lowest BCUT2D eigenvalue weighted by molar-refractivity contribution is -0.0390. The third-order valence-corrected chi connectivity index (χ3v) is 4.33. The first-order chi connectivity index (χ1) is 10.0. The lowest BCUT2D eigenvalue weighted by Crippen LogP contribution is -2.45. The number of hydrogen-bond acceptors (Lipinski definition) is 4. The summed E-state index contributed by atoms with van der Waals surface area (Å²) in [6, 6.07) is 5.65. The molecule has 3 atom stereocenters. The van der Waals surface area contributed by atoms with Gasteiger partial charge in [-0.25, -0.2) is 0 Å². The predicted octanol–water partition coefficient (Wildman–Crippen LogP) is 1.29. The first-order valence-electron chi connectivity index (χ1n) is 7.49. The smallest absolute Gasteiger partial charge is 0.255 e. The van der Waals surface area contributed by atoms with Gasteiger partial charge in [0.15, 0.2) is 0 Å². The monoisotopic (exact) mass is 290 g/mol. The minimum atomic E-state index is -0.202. The number of hydrogen-bond donors (Lipinski definition) is 2. The highest BCUT2D eigenvalue weighted by molar-refractivity contribution is 5.97. The summed E-state index contributed by atoms with van der Waals surface area (Å²) >= 11 is 0. The van der Waals surface area contributed by atoms with Crippen LogP contribution in [0.3, 0.4) is 0 Å². The molecule has 21 heavy (non-hydrogen) atoms. The van der Waals surface area contributed by atoms with E-state index in [1.165, 1.54) is 0 Å². The fraction of sp³-hybridized carbons (Fsp3) is 0.562. The molecule has 0 bridgehead atoms. The van der Waals surface area contributed by atoms with Crippen LogP contribution in [0.2, 0.25) is 0 Å². The molecule has 2 aliphatic heterocycles. The van der Waals surface area contributed by atoms with Crippen molar-refractivity contribution in [3.05, 3.63) is 29.3 Å². The van der Waals surface area contributed by atoms with Crippen molar-refractivity contribution in [2.24, 2.45) is 0 Å². The van der Waals surface area contributed by atoms with Gasteiger partial charge in [-0.1, -0.05) is 6.07 Å². The molecule has 1 amide bonds. The summed E-state index contributed by atoms with van der Waals surface area (Å²) in [4.78, 5) is 14.7. The number of morpholine rings is 1. The summed E-state index contributed by atoms with van der Waals surface area (Å²) in [5.41, 5.74) is 1.28.